The van der Waals surface area contributed by atoms with Gasteiger partial charge in [-0.15, -0.1) is 0 Å². The first-order valence-corrected chi connectivity index (χ1v) is 8.48. The number of benzene rings is 2. The first-order chi connectivity index (χ1) is 11.7. The van der Waals surface area contributed by atoms with Crippen molar-refractivity contribution >= 4 is 6.02 Å². The third-order valence-corrected chi connectivity index (χ3v) is 5.15. The van der Waals surface area contributed by atoms with Crippen molar-refractivity contribution in [1.82, 2.24) is 0 Å². The Kier molecular flexibility index (Phi) is 3.68. The molecule has 0 saturated heterocycles. The van der Waals surface area contributed by atoms with Gasteiger partial charge in [0, 0.05) is 0 Å². The van der Waals surface area contributed by atoms with Gasteiger partial charge in [-0.2, -0.15) is 0 Å². The zero-order valence-electron chi connectivity index (χ0n) is 13.9. The molecule has 124 valence electrons. The molecule has 0 unspecified atom stereocenters. The van der Waals surface area contributed by atoms with Crippen LogP contribution in [0.1, 0.15) is 31.2 Å². The van der Waals surface area contributed by atoms with Crippen LogP contribution in [0.4, 0.5) is 0 Å². The number of methoxy groups -OCH3 is 1. The van der Waals surface area contributed by atoms with Crippen LogP contribution < -0.4 is 10.5 Å². The second-order valence-corrected chi connectivity index (χ2v) is 6.54. The molecule has 1 aliphatic heterocycles. The summed E-state index contributed by atoms with van der Waals surface area (Å²) in [7, 11) is 1.69. The maximum atomic E-state index is 5.92. The maximum Gasteiger partial charge on any atom is 0.283 e. The molecule has 1 aliphatic carbocycles. The second-order valence-electron chi connectivity index (χ2n) is 6.54. The van der Waals surface area contributed by atoms with Gasteiger partial charge in [-0.05, 0) is 54.2 Å². The van der Waals surface area contributed by atoms with Crippen LogP contribution in [0.15, 0.2) is 53.5 Å². The molecule has 2 aromatic rings. The van der Waals surface area contributed by atoms with Gasteiger partial charge in [0.15, 0.2) is 0 Å². The molecular weight excluding hydrogens is 300 g/mol. The van der Waals surface area contributed by atoms with Crippen LogP contribution in [0.5, 0.6) is 5.75 Å². The van der Waals surface area contributed by atoms with Crippen molar-refractivity contribution in [2.24, 2.45) is 10.7 Å². The molecule has 0 amide bonds. The average Bonchev–Trinajstić information content (AvgIpc) is 2.99. The number of nitrogens with zero attached hydrogens (tertiary/aromatic N) is 1. The minimum absolute atomic E-state index is 0.0619. The molecule has 2 aliphatic rings. The Morgan fingerprint density at radius 1 is 1.12 bits per heavy atom. The van der Waals surface area contributed by atoms with E-state index in [9.17, 15) is 0 Å². The molecule has 2 atom stereocenters. The van der Waals surface area contributed by atoms with Crippen molar-refractivity contribution in [3.8, 4) is 16.9 Å². The molecule has 4 rings (SSSR count). The van der Waals surface area contributed by atoms with Crippen molar-refractivity contribution in [3.63, 3.8) is 0 Å². The Bertz CT molecular complexity index is 787. The molecule has 0 aromatic heterocycles. The number of rotatable bonds is 3. The predicted octanol–water partition coefficient (Wildman–Crippen LogP) is 3.85. The Balaban J connectivity index is 1.77. The third-order valence-electron chi connectivity index (χ3n) is 5.15. The van der Waals surface area contributed by atoms with E-state index >= 15 is 0 Å². The van der Waals surface area contributed by atoms with Gasteiger partial charge in [0.1, 0.15) is 17.4 Å². The highest BCUT2D eigenvalue weighted by Crippen LogP contribution is 2.46. The van der Waals surface area contributed by atoms with Crippen LogP contribution >= 0.6 is 0 Å². The normalized spacial score (nSPS) is 25.5. The number of nitrogens with two attached hydrogens (primary N) is 1. The van der Waals surface area contributed by atoms with Crippen molar-refractivity contribution < 1.29 is 9.47 Å². The van der Waals surface area contributed by atoms with Crippen molar-refractivity contribution in [1.29, 1.82) is 0 Å². The van der Waals surface area contributed by atoms with E-state index in [1.54, 1.807) is 7.11 Å². The molecule has 0 spiro atoms. The van der Waals surface area contributed by atoms with Gasteiger partial charge in [-0.3, -0.25) is 0 Å². The summed E-state index contributed by atoms with van der Waals surface area (Å²) in [5.41, 5.74) is 9.07. The van der Waals surface area contributed by atoms with E-state index in [0.717, 1.165) is 36.1 Å². The lowest BCUT2D eigenvalue weighted by molar-refractivity contribution is 0.0907. The van der Waals surface area contributed by atoms with Gasteiger partial charge < -0.3 is 15.2 Å². The molecular formula is C20H22N2O2. The van der Waals surface area contributed by atoms with E-state index in [1.807, 2.05) is 12.1 Å². The largest absolute Gasteiger partial charge is 0.497 e. The van der Waals surface area contributed by atoms with Crippen LogP contribution in [0.3, 0.4) is 0 Å². The molecule has 1 heterocycles. The van der Waals surface area contributed by atoms with E-state index in [2.05, 4.69) is 36.4 Å². The summed E-state index contributed by atoms with van der Waals surface area (Å²) < 4.78 is 11.2. The van der Waals surface area contributed by atoms with Gasteiger partial charge >= 0.3 is 0 Å². The maximum absolute atomic E-state index is 5.92. The third kappa shape index (κ3) is 2.42. The van der Waals surface area contributed by atoms with Gasteiger partial charge in [-0.25, -0.2) is 4.99 Å². The highest BCUT2D eigenvalue weighted by molar-refractivity contribution is 5.75. The minimum atomic E-state index is -0.322. The van der Waals surface area contributed by atoms with Crippen molar-refractivity contribution in [3.05, 3.63) is 54.1 Å². The SMILES string of the molecule is COc1cccc(-c2cccc([C@]34CCCC[C@H]3OC(N)=N4)c2)c1. The molecule has 0 radical (unpaired) electrons. The monoisotopic (exact) mass is 322 g/mol. The summed E-state index contributed by atoms with van der Waals surface area (Å²) >= 11 is 0. The fourth-order valence-electron chi connectivity index (χ4n) is 3.94. The molecule has 2 aromatic carbocycles. The number of hydrogen-bond acceptors (Lipinski definition) is 4. The Labute approximate surface area is 142 Å². The number of hydrogen-bond donors (Lipinski definition) is 1. The first kappa shape index (κ1) is 15.1. The van der Waals surface area contributed by atoms with Gasteiger partial charge in [0.05, 0.1) is 7.11 Å². The quantitative estimate of drug-likeness (QED) is 0.934. The van der Waals surface area contributed by atoms with Crippen LogP contribution in [-0.4, -0.2) is 19.2 Å². The molecule has 1 fully saturated rings. The first-order valence-electron chi connectivity index (χ1n) is 8.48. The van der Waals surface area contributed by atoms with Crippen molar-refractivity contribution in [2.75, 3.05) is 7.11 Å². The molecule has 4 nitrogen and oxygen atoms in total. The zero-order valence-corrected chi connectivity index (χ0v) is 13.9. The standard InChI is InChI=1S/C20H22N2O2/c1-23-17-9-5-7-15(13-17)14-6-4-8-16(12-14)20-11-3-2-10-18(20)24-19(21)22-20/h4-9,12-13,18H,2-3,10-11H2,1H3,(H2,21,22)/t18-,20-/m1/s1. The fraction of sp³-hybridized carbons (Fsp3) is 0.350. The molecule has 4 heteroatoms. The van der Waals surface area contributed by atoms with Crippen LogP contribution in [-0.2, 0) is 10.3 Å². The summed E-state index contributed by atoms with van der Waals surface area (Å²) in [6.45, 7) is 0. The summed E-state index contributed by atoms with van der Waals surface area (Å²) in [5.74, 6) is 0.859. The highest BCUT2D eigenvalue weighted by atomic mass is 16.5. The number of aliphatic imine (C=N–C) groups is 1. The minimum Gasteiger partial charge on any atom is -0.497 e. The topological polar surface area (TPSA) is 56.8 Å². The van der Waals surface area contributed by atoms with Crippen LogP contribution in [0, 0.1) is 0 Å². The average molecular weight is 322 g/mol. The highest BCUT2D eigenvalue weighted by Gasteiger charge is 2.48. The second kappa shape index (κ2) is 5.86. The predicted molar refractivity (Wildman–Crippen MR) is 95.1 cm³/mol. The lowest BCUT2D eigenvalue weighted by Crippen LogP contribution is -2.38. The van der Waals surface area contributed by atoms with E-state index in [-0.39, 0.29) is 11.6 Å². The van der Waals surface area contributed by atoms with Crippen LogP contribution in [0.2, 0.25) is 0 Å². The summed E-state index contributed by atoms with van der Waals surface area (Å²) in [5, 5.41) is 0. The van der Waals surface area contributed by atoms with E-state index < -0.39 is 0 Å². The van der Waals surface area contributed by atoms with Gasteiger partial charge in [0.25, 0.3) is 6.02 Å². The molecule has 0 bridgehead atoms. The van der Waals surface area contributed by atoms with E-state index in [4.69, 9.17) is 20.2 Å². The summed E-state index contributed by atoms with van der Waals surface area (Å²) in [6.07, 6.45) is 4.38. The number of ether oxygens (including phenoxy) is 2. The smallest absolute Gasteiger partial charge is 0.283 e. The fourth-order valence-corrected chi connectivity index (χ4v) is 3.94. The molecule has 1 saturated carbocycles. The lowest BCUT2D eigenvalue weighted by Gasteiger charge is -2.35. The molecule has 24 heavy (non-hydrogen) atoms. The van der Waals surface area contributed by atoms with E-state index in [0.29, 0.717) is 6.02 Å². The number of fused-ring (bicyclic) bond motifs is 1. The summed E-state index contributed by atoms with van der Waals surface area (Å²) in [6, 6.07) is 17.0. The summed E-state index contributed by atoms with van der Waals surface area (Å²) in [4.78, 5) is 4.73. The van der Waals surface area contributed by atoms with Gasteiger partial charge in [-0.1, -0.05) is 36.8 Å². The van der Waals surface area contributed by atoms with E-state index in [1.165, 1.54) is 12.0 Å². The molecule has 2 N–H and O–H groups in total. The Hall–Kier alpha value is -2.49. The number of amidine groups is 1. The zero-order chi connectivity index (χ0) is 16.6. The Morgan fingerprint density at radius 2 is 1.92 bits per heavy atom. The lowest BCUT2D eigenvalue weighted by atomic mass is 9.74. The van der Waals surface area contributed by atoms with Crippen LogP contribution in [0.25, 0.3) is 11.1 Å². The van der Waals surface area contributed by atoms with Crippen molar-refractivity contribution in [2.45, 2.75) is 37.3 Å². The van der Waals surface area contributed by atoms with Gasteiger partial charge in [0.2, 0.25) is 0 Å². The Morgan fingerprint density at radius 3 is 2.75 bits per heavy atom.